The maximum Gasteiger partial charge on any atom is 0.163 e. The zero-order valence-electron chi connectivity index (χ0n) is 17.5. The van der Waals surface area contributed by atoms with Crippen molar-refractivity contribution in [2.75, 3.05) is 5.32 Å². The van der Waals surface area contributed by atoms with E-state index in [1.54, 1.807) is 18.5 Å². The Kier molecular flexibility index (Phi) is 5.25. The van der Waals surface area contributed by atoms with Crippen LogP contribution in [-0.4, -0.2) is 19.9 Å². The van der Waals surface area contributed by atoms with Crippen molar-refractivity contribution in [2.24, 2.45) is 0 Å². The average Bonchev–Trinajstić information content (AvgIpc) is 2.82. The number of aromatic nitrogens is 4. The largest absolute Gasteiger partial charge is 0.364 e. The first-order valence-corrected chi connectivity index (χ1v) is 10.3. The second kappa shape index (κ2) is 8.51. The molecule has 0 unspecified atom stereocenters. The van der Waals surface area contributed by atoms with Crippen LogP contribution in [0.5, 0.6) is 0 Å². The minimum atomic E-state index is -0.269. The minimum Gasteiger partial charge on any atom is -0.364 e. The van der Waals surface area contributed by atoms with Crippen molar-refractivity contribution in [1.29, 1.82) is 0 Å². The second-order valence-electron chi connectivity index (χ2n) is 7.50. The molecule has 6 heteroatoms. The number of pyridine rings is 2. The fourth-order valence-electron chi connectivity index (χ4n) is 3.61. The smallest absolute Gasteiger partial charge is 0.163 e. The van der Waals surface area contributed by atoms with Crippen LogP contribution >= 0.6 is 0 Å². The lowest BCUT2D eigenvalue weighted by Gasteiger charge is -2.12. The summed E-state index contributed by atoms with van der Waals surface area (Å²) in [7, 11) is 0. The van der Waals surface area contributed by atoms with Gasteiger partial charge in [0.1, 0.15) is 11.6 Å². The summed E-state index contributed by atoms with van der Waals surface area (Å²) >= 11 is 0. The topological polar surface area (TPSA) is 63.6 Å². The maximum absolute atomic E-state index is 13.8. The number of nitrogens with zero attached hydrogens (tertiary/aromatic N) is 4. The van der Waals surface area contributed by atoms with E-state index in [0.29, 0.717) is 18.2 Å². The lowest BCUT2D eigenvalue weighted by atomic mass is 10.0. The fourth-order valence-corrected chi connectivity index (χ4v) is 3.61. The van der Waals surface area contributed by atoms with Gasteiger partial charge < -0.3 is 5.32 Å². The molecule has 3 aromatic heterocycles. The Morgan fingerprint density at radius 3 is 2.47 bits per heavy atom. The van der Waals surface area contributed by atoms with Crippen molar-refractivity contribution in [3.63, 3.8) is 0 Å². The van der Waals surface area contributed by atoms with Gasteiger partial charge in [-0.2, -0.15) is 0 Å². The number of rotatable bonds is 5. The molecule has 156 valence electrons. The SMILES string of the molecule is Cc1cccc(CNc2nc(-c3cccnc3)nc3ccc(-c4cccc(F)c4)cc23)n1. The number of nitrogens with one attached hydrogen (secondary N) is 1. The van der Waals surface area contributed by atoms with Crippen LogP contribution in [0.25, 0.3) is 33.4 Å². The van der Waals surface area contributed by atoms with Crippen LogP contribution in [0.1, 0.15) is 11.4 Å². The molecule has 0 aliphatic carbocycles. The lowest BCUT2D eigenvalue weighted by molar-refractivity contribution is 0.628. The molecule has 2 aromatic carbocycles. The molecule has 3 heterocycles. The Balaban J connectivity index is 1.61. The van der Waals surface area contributed by atoms with E-state index in [2.05, 4.69) is 15.3 Å². The van der Waals surface area contributed by atoms with E-state index in [1.807, 2.05) is 61.5 Å². The predicted octanol–water partition coefficient (Wildman–Crippen LogP) is 5.81. The molecule has 5 aromatic rings. The summed E-state index contributed by atoms with van der Waals surface area (Å²) in [6.07, 6.45) is 3.46. The summed E-state index contributed by atoms with van der Waals surface area (Å²) in [6.45, 7) is 2.49. The van der Waals surface area contributed by atoms with Gasteiger partial charge in [0.25, 0.3) is 0 Å². The highest BCUT2D eigenvalue weighted by atomic mass is 19.1. The number of aryl methyl sites for hydroxylation is 1. The molecule has 0 aliphatic rings. The Hall–Kier alpha value is -4.19. The molecular formula is C26H20FN5. The van der Waals surface area contributed by atoms with Crippen LogP contribution in [0.4, 0.5) is 10.2 Å². The summed E-state index contributed by atoms with van der Waals surface area (Å²) in [5.74, 6) is 1.01. The van der Waals surface area contributed by atoms with Gasteiger partial charge in [-0.05, 0) is 66.6 Å². The summed E-state index contributed by atoms with van der Waals surface area (Å²) in [5.41, 5.74) is 5.20. The first-order valence-electron chi connectivity index (χ1n) is 10.3. The van der Waals surface area contributed by atoms with Gasteiger partial charge in [-0.15, -0.1) is 0 Å². The predicted molar refractivity (Wildman–Crippen MR) is 124 cm³/mol. The normalized spacial score (nSPS) is 10.9. The third kappa shape index (κ3) is 4.16. The molecule has 0 saturated carbocycles. The van der Waals surface area contributed by atoms with E-state index in [4.69, 9.17) is 9.97 Å². The summed E-state index contributed by atoms with van der Waals surface area (Å²) in [6, 6.07) is 22.2. The molecule has 5 rings (SSSR count). The second-order valence-corrected chi connectivity index (χ2v) is 7.50. The molecule has 0 atom stereocenters. The van der Waals surface area contributed by atoms with Gasteiger partial charge in [-0.1, -0.05) is 24.3 Å². The fraction of sp³-hybridized carbons (Fsp3) is 0.0769. The zero-order chi connectivity index (χ0) is 21.9. The van der Waals surface area contributed by atoms with Crippen LogP contribution in [0.2, 0.25) is 0 Å². The first-order chi connectivity index (χ1) is 15.7. The zero-order valence-corrected chi connectivity index (χ0v) is 17.5. The molecule has 0 fully saturated rings. The van der Waals surface area contributed by atoms with Crippen molar-refractivity contribution in [3.05, 3.63) is 102 Å². The third-order valence-electron chi connectivity index (χ3n) is 5.16. The van der Waals surface area contributed by atoms with Crippen molar-refractivity contribution < 1.29 is 4.39 Å². The Bertz CT molecular complexity index is 1400. The molecular weight excluding hydrogens is 401 g/mol. The number of hydrogen-bond acceptors (Lipinski definition) is 5. The molecule has 0 saturated heterocycles. The highest BCUT2D eigenvalue weighted by Crippen LogP contribution is 2.30. The van der Waals surface area contributed by atoms with E-state index in [0.717, 1.165) is 39.0 Å². The van der Waals surface area contributed by atoms with Crippen LogP contribution in [0.3, 0.4) is 0 Å². The van der Waals surface area contributed by atoms with Gasteiger partial charge in [0.05, 0.1) is 17.8 Å². The molecule has 0 radical (unpaired) electrons. The molecule has 0 aliphatic heterocycles. The number of hydrogen-bond donors (Lipinski definition) is 1. The first kappa shape index (κ1) is 19.8. The number of halogens is 1. The van der Waals surface area contributed by atoms with Crippen molar-refractivity contribution in [2.45, 2.75) is 13.5 Å². The highest BCUT2D eigenvalue weighted by Gasteiger charge is 2.12. The number of anilines is 1. The summed E-state index contributed by atoms with van der Waals surface area (Å²) in [4.78, 5) is 18.3. The van der Waals surface area contributed by atoms with Crippen molar-refractivity contribution in [3.8, 4) is 22.5 Å². The van der Waals surface area contributed by atoms with Gasteiger partial charge >= 0.3 is 0 Å². The average molecular weight is 421 g/mol. The lowest BCUT2D eigenvalue weighted by Crippen LogP contribution is -2.06. The van der Waals surface area contributed by atoms with E-state index >= 15 is 0 Å². The highest BCUT2D eigenvalue weighted by molar-refractivity contribution is 5.94. The van der Waals surface area contributed by atoms with E-state index in [1.165, 1.54) is 12.1 Å². The molecule has 1 N–H and O–H groups in total. The van der Waals surface area contributed by atoms with Crippen LogP contribution < -0.4 is 5.32 Å². The quantitative estimate of drug-likeness (QED) is 0.388. The Morgan fingerprint density at radius 2 is 1.66 bits per heavy atom. The molecule has 0 amide bonds. The van der Waals surface area contributed by atoms with E-state index < -0.39 is 0 Å². The summed E-state index contributed by atoms with van der Waals surface area (Å²) in [5, 5.41) is 4.28. The van der Waals surface area contributed by atoms with Gasteiger partial charge in [-0.3, -0.25) is 9.97 Å². The van der Waals surface area contributed by atoms with Crippen LogP contribution in [0, 0.1) is 12.7 Å². The van der Waals surface area contributed by atoms with Crippen LogP contribution in [-0.2, 0) is 6.54 Å². The maximum atomic E-state index is 13.8. The summed E-state index contributed by atoms with van der Waals surface area (Å²) < 4.78 is 13.8. The standard InChI is InChI=1S/C26H20FN5/c1-17-5-2-9-22(30-17)16-29-26-23-14-19(18-6-3-8-21(27)13-18)10-11-24(23)31-25(32-26)20-7-4-12-28-15-20/h2-15H,16H2,1H3,(H,29,31,32). The number of fused-ring (bicyclic) bond motifs is 1. The van der Waals surface area contributed by atoms with Gasteiger partial charge in [-0.25, -0.2) is 14.4 Å². The third-order valence-corrected chi connectivity index (χ3v) is 5.16. The minimum absolute atomic E-state index is 0.269. The Morgan fingerprint density at radius 1 is 0.812 bits per heavy atom. The van der Waals surface area contributed by atoms with Gasteiger partial charge in [0.15, 0.2) is 5.82 Å². The van der Waals surface area contributed by atoms with Crippen molar-refractivity contribution >= 4 is 16.7 Å². The molecule has 0 spiro atoms. The van der Waals surface area contributed by atoms with Gasteiger partial charge in [0.2, 0.25) is 0 Å². The molecule has 5 nitrogen and oxygen atoms in total. The Labute approximate surface area is 185 Å². The van der Waals surface area contributed by atoms with E-state index in [9.17, 15) is 4.39 Å². The van der Waals surface area contributed by atoms with Crippen LogP contribution in [0.15, 0.2) is 85.2 Å². The van der Waals surface area contributed by atoms with Gasteiger partial charge in [0, 0.05) is 29.0 Å². The molecule has 0 bridgehead atoms. The molecule has 32 heavy (non-hydrogen) atoms. The van der Waals surface area contributed by atoms with E-state index in [-0.39, 0.29) is 5.82 Å². The van der Waals surface area contributed by atoms with Crippen molar-refractivity contribution in [1.82, 2.24) is 19.9 Å². The monoisotopic (exact) mass is 421 g/mol. The number of benzene rings is 2.